The van der Waals surface area contributed by atoms with Crippen molar-refractivity contribution in [1.29, 1.82) is 0 Å². The molecule has 0 aliphatic heterocycles. The number of imidazole rings is 1. The van der Waals surface area contributed by atoms with Crippen LogP contribution in [0.15, 0.2) is 30.5 Å². The van der Waals surface area contributed by atoms with Gasteiger partial charge in [-0.15, -0.1) is 0 Å². The molecular weight excluding hydrogens is 530 g/mol. The van der Waals surface area contributed by atoms with Crippen LogP contribution in [0.3, 0.4) is 0 Å². The van der Waals surface area contributed by atoms with Crippen molar-refractivity contribution in [2.24, 2.45) is 0 Å². The number of halogens is 1. The summed E-state index contributed by atoms with van der Waals surface area (Å²) in [6, 6.07) is 6.57. The highest BCUT2D eigenvalue weighted by Gasteiger charge is 2.36. The summed E-state index contributed by atoms with van der Waals surface area (Å²) in [4.78, 5) is 28.6. The van der Waals surface area contributed by atoms with Crippen LogP contribution in [-0.2, 0) is 20.2 Å². The van der Waals surface area contributed by atoms with E-state index >= 15 is 0 Å². The van der Waals surface area contributed by atoms with E-state index in [-0.39, 0.29) is 16.7 Å². The Morgan fingerprint density at radius 1 is 1.24 bits per heavy atom. The second kappa shape index (κ2) is 10.8. The van der Waals surface area contributed by atoms with Gasteiger partial charge in [-0.25, -0.2) is 28.2 Å². The van der Waals surface area contributed by atoms with Crippen molar-refractivity contribution in [3.63, 3.8) is 0 Å². The molecule has 1 aliphatic carbocycles. The van der Waals surface area contributed by atoms with Gasteiger partial charge in [-0.3, -0.25) is 4.72 Å². The van der Waals surface area contributed by atoms with Crippen LogP contribution in [0, 0.1) is 0 Å². The Hall–Kier alpha value is -3.38. The number of aromatic nitrogens is 4. The van der Waals surface area contributed by atoms with E-state index in [9.17, 15) is 13.2 Å². The summed E-state index contributed by atoms with van der Waals surface area (Å²) in [5.41, 5.74) is 2.51. The van der Waals surface area contributed by atoms with Crippen molar-refractivity contribution >= 4 is 39.4 Å². The molecule has 11 nitrogen and oxygen atoms in total. The van der Waals surface area contributed by atoms with E-state index in [1.165, 1.54) is 7.11 Å². The molecule has 0 bridgehead atoms. The molecule has 1 fully saturated rings. The van der Waals surface area contributed by atoms with Crippen LogP contribution in [0.1, 0.15) is 46.4 Å². The molecule has 2 aromatic heterocycles. The minimum Gasteiger partial charge on any atom is -0.453 e. The van der Waals surface area contributed by atoms with E-state index in [1.807, 2.05) is 27.7 Å². The predicted molar refractivity (Wildman–Crippen MR) is 148 cm³/mol. The van der Waals surface area contributed by atoms with Crippen LogP contribution < -0.4 is 15.4 Å². The molecule has 4 rings (SSSR count). The number of sulfonamides is 1. The smallest absolute Gasteiger partial charge is 0.407 e. The van der Waals surface area contributed by atoms with Crippen LogP contribution in [-0.4, -0.2) is 59.4 Å². The first-order valence-electron chi connectivity index (χ1n) is 12.2. The molecule has 0 saturated heterocycles. The monoisotopic (exact) mass is 561 g/mol. The summed E-state index contributed by atoms with van der Waals surface area (Å²) in [7, 11) is -2.16. The second-order valence-electron chi connectivity index (χ2n) is 10.3. The van der Waals surface area contributed by atoms with Crippen molar-refractivity contribution in [3.8, 4) is 22.6 Å². The normalized spacial score (nSPS) is 14.6. The molecular formula is C25H32ClN7O4S. The average molecular weight is 562 g/mol. The van der Waals surface area contributed by atoms with E-state index < -0.39 is 16.1 Å². The number of hydrogen-bond acceptors (Lipinski definition) is 8. The summed E-state index contributed by atoms with van der Waals surface area (Å²) in [5.74, 6) is 1.09. The minimum atomic E-state index is -3.46. The number of H-pyrrole nitrogens is 1. The van der Waals surface area contributed by atoms with Crippen molar-refractivity contribution in [2.75, 3.05) is 23.7 Å². The molecule has 3 aromatic rings. The molecule has 0 unspecified atom stereocenters. The van der Waals surface area contributed by atoms with Crippen molar-refractivity contribution < 1.29 is 17.9 Å². The number of amides is 1. The Kier molecular flexibility index (Phi) is 7.84. The van der Waals surface area contributed by atoms with Crippen LogP contribution >= 0.6 is 11.6 Å². The molecule has 1 aliphatic rings. The van der Waals surface area contributed by atoms with E-state index in [2.05, 4.69) is 35.0 Å². The number of aromatic amines is 1. The van der Waals surface area contributed by atoms with E-state index in [1.54, 1.807) is 30.5 Å². The van der Waals surface area contributed by atoms with E-state index in [0.717, 1.165) is 5.82 Å². The average Bonchev–Trinajstić information content (AvgIpc) is 3.60. The Bertz CT molecular complexity index is 1430. The number of ether oxygens (including phenoxy) is 1. The summed E-state index contributed by atoms with van der Waals surface area (Å²) in [6.07, 6.45) is 2.41. The van der Waals surface area contributed by atoms with Gasteiger partial charge in [-0.05, 0) is 44.0 Å². The lowest BCUT2D eigenvalue weighted by Gasteiger charge is -2.14. The first-order chi connectivity index (χ1) is 17.9. The zero-order chi connectivity index (χ0) is 27.7. The quantitative estimate of drug-likeness (QED) is 0.297. The number of anilines is 2. The van der Waals surface area contributed by atoms with Gasteiger partial charge >= 0.3 is 6.09 Å². The molecule has 0 radical (unpaired) electrons. The predicted octanol–water partition coefficient (Wildman–Crippen LogP) is 4.55. The van der Waals surface area contributed by atoms with Crippen LogP contribution in [0.4, 0.5) is 16.4 Å². The lowest BCUT2D eigenvalue weighted by Crippen LogP contribution is -2.37. The molecule has 204 valence electrons. The van der Waals surface area contributed by atoms with Crippen molar-refractivity contribution in [3.05, 3.63) is 41.3 Å². The van der Waals surface area contributed by atoms with Crippen molar-refractivity contribution in [1.82, 2.24) is 25.3 Å². The van der Waals surface area contributed by atoms with Gasteiger partial charge in [0.25, 0.3) is 0 Å². The fourth-order valence-corrected chi connectivity index (χ4v) is 5.28. The molecule has 1 saturated carbocycles. The topological polar surface area (TPSA) is 151 Å². The number of alkyl carbamates (subject to hydrolysis) is 1. The maximum Gasteiger partial charge on any atom is 0.407 e. The van der Waals surface area contributed by atoms with Gasteiger partial charge in [0.1, 0.15) is 5.82 Å². The number of rotatable bonds is 9. The molecule has 1 atom stereocenters. The molecule has 4 N–H and O–H groups in total. The van der Waals surface area contributed by atoms with Crippen molar-refractivity contribution in [2.45, 2.75) is 57.2 Å². The Balaban J connectivity index is 1.68. The number of nitrogens with zero attached hydrogens (tertiary/aromatic N) is 3. The largest absolute Gasteiger partial charge is 0.453 e. The minimum absolute atomic E-state index is 0.228. The van der Waals surface area contributed by atoms with Crippen LogP contribution in [0.2, 0.25) is 5.02 Å². The van der Waals surface area contributed by atoms with Crippen LogP contribution in [0.5, 0.6) is 0 Å². The van der Waals surface area contributed by atoms with E-state index in [0.29, 0.717) is 58.7 Å². The van der Waals surface area contributed by atoms with Gasteiger partial charge in [0.05, 0.1) is 35.1 Å². The number of carbonyl (C=O) groups excluding carboxylic acids is 1. The third kappa shape index (κ3) is 6.73. The van der Waals surface area contributed by atoms with Gasteiger partial charge in [-0.2, -0.15) is 0 Å². The molecule has 38 heavy (non-hydrogen) atoms. The highest BCUT2D eigenvalue weighted by molar-refractivity contribution is 7.93. The highest BCUT2D eigenvalue weighted by atomic mass is 35.5. The second-order valence-corrected chi connectivity index (χ2v) is 12.7. The van der Waals surface area contributed by atoms with Gasteiger partial charge in [0.2, 0.25) is 16.0 Å². The summed E-state index contributed by atoms with van der Waals surface area (Å²) >= 11 is 6.41. The third-order valence-corrected chi connectivity index (χ3v) is 7.92. The molecule has 2 heterocycles. The first-order valence-corrected chi connectivity index (χ1v) is 14.1. The van der Waals surface area contributed by atoms with Gasteiger partial charge < -0.3 is 20.4 Å². The molecule has 1 amide bonds. The highest BCUT2D eigenvalue weighted by Crippen LogP contribution is 2.36. The zero-order valence-electron chi connectivity index (χ0n) is 21.9. The zero-order valence-corrected chi connectivity index (χ0v) is 23.5. The maximum atomic E-state index is 12.5. The molecule has 1 aromatic carbocycles. The van der Waals surface area contributed by atoms with Crippen LogP contribution in [0.25, 0.3) is 22.6 Å². The molecule has 0 spiro atoms. The van der Waals surface area contributed by atoms with E-state index in [4.69, 9.17) is 16.6 Å². The Labute approximate surface area is 227 Å². The maximum absolute atomic E-state index is 12.5. The lowest BCUT2D eigenvalue weighted by atomic mass is 9.96. The molecule has 13 heteroatoms. The Morgan fingerprint density at radius 3 is 2.63 bits per heavy atom. The lowest BCUT2D eigenvalue weighted by molar-refractivity contribution is 0.168. The summed E-state index contributed by atoms with van der Waals surface area (Å²) < 4.78 is 32.4. The standard InChI is InChI=1S/C25H32ClN7O4S/c1-14(29-24(34)37-5)13-28-23-27-9-8-19(30-23)21-20(31-22(32-21)25(2,3)4)15-10-16(26)12-17(11-15)33-38(35,36)18-6-7-18/h8-12,14,18,33H,6-7,13H2,1-5H3,(H,29,34)(H,31,32)(H,27,28,30)/t14-/m0/s1. The first kappa shape index (κ1) is 27.6. The number of hydrogen-bond donors (Lipinski definition) is 4. The SMILES string of the molecule is COC(=O)N[C@@H](C)CNc1nccc(-c2[nH]c(C(C)(C)C)nc2-c2cc(Cl)cc(NS(=O)(=O)C3CC3)c2)n1. The number of nitrogens with one attached hydrogen (secondary N) is 4. The Morgan fingerprint density at radius 2 is 1.97 bits per heavy atom. The number of benzene rings is 1. The number of carbonyl (C=O) groups is 1. The fourth-order valence-electron chi connectivity index (χ4n) is 3.67. The summed E-state index contributed by atoms with van der Waals surface area (Å²) in [6.45, 7) is 8.31. The summed E-state index contributed by atoms with van der Waals surface area (Å²) in [5, 5.41) is 5.80. The fraction of sp³-hybridized carbons (Fsp3) is 0.440. The van der Waals surface area contributed by atoms with Gasteiger partial charge in [0.15, 0.2) is 0 Å². The third-order valence-electron chi connectivity index (χ3n) is 5.84. The number of methoxy groups -OCH3 is 1. The van der Waals surface area contributed by atoms with Gasteiger partial charge in [0, 0.05) is 34.8 Å². The van der Waals surface area contributed by atoms with Gasteiger partial charge in [-0.1, -0.05) is 32.4 Å².